The number of aliphatic hydroxyl groups is 1. The predicted molar refractivity (Wildman–Crippen MR) is 84.4 cm³/mol. The number of rotatable bonds is 6. The second kappa shape index (κ2) is 7.81. The second-order valence-corrected chi connectivity index (χ2v) is 5.19. The first kappa shape index (κ1) is 15.5. The Kier molecular flexibility index (Phi) is 5.78. The average Bonchev–Trinajstić information content (AvgIpc) is 2.52. The van der Waals surface area contributed by atoms with Crippen molar-refractivity contribution in [3.05, 3.63) is 70.7 Å². The zero-order valence-electron chi connectivity index (χ0n) is 11.6. The van der Waals surface area contributed by atoms with Gasteiger partial charge in [-0.25, -0.2) is 0 Å². The number of hydrogen-bond acceptors (Lipinski definition) is 2. The molecule has 0 heterocycles. The van der Waals surface area contributed by atoms with Gasteiger partial charge in [0.2, 0.25) is 0 Å². The molecule has 21 heavy (non-hydrogen) atoms. The Bertz CT molecular complexity index is 586. The summed E-state index contributed by atoms with van der Waals surface area (Å²) in [6.45, 7) is 0.102. The van der Waals surface area contributed by atoms with Crippen LogP contribution in [0.2, 0.25) is 5.02 Å². The van der Waals surface area contributed by atoms with E-state index in [0.717, 1.165) is 5.56 Å². The molecule has 0 aliphatic carbocycles. The molecule has 1 amide bonds. The molecule has 0 aromatic heterocycles. The molecule has 1 atom stereocenters. The number of carbonyl (C=O) groups excluding carboxylic acids is 1. The lowest BCUT2D eigenvalue weighted by atomic mass is 10.0. The van der Waals surface area contributed by atoms with Crippen LogP contribution >= 0.6 is 11.6 Å². The van der Waals surface area contributed by atoms with Crippen molar-refractivity contribution in [1.82, 2.24) is 5.32 Å². The zero-order chi connectivity index (χ0) is 15.1. The van der Waals surface area contributed by atoms with Gasteiger partial charge in [0, 0.05) is 6.61 Å². The third-order valence-electron chi connectivity index (χ3n) is 3.28. The first-order valence-electron chi connectivity index (χ1n) is 6.93. The molecule has 2 N–H and O–H groups in total. The van der Waals surface area contributed by atoms with E-state index < -0.39 is 0 Å². The van der Waals surface area contributed by atoms with Crippen molar-refractivity contribution in [2.24, 2.45) is 0 Å². The fraction of sp³-hybridized carbons (Fsp3) is 0.235. The average molecular weight is 304 g/mol. The van der Waals surface area contributed by atoms with Crippen molar-refractivity contribution >= 4 is 17.5 Å². The van der Waals surface area contributed by atoms with E-state index in [4.69, 9.17) is 16.7 Å². The van der Waals surface area contributed by atoms with Crippen LogP contribution < -0.4 is 5.32 Å². The Balaban J connectivity index is 2.15. The van der Waals surface area contributed by atoms with Gasteiger partial charge in [-0.05, 0) is 30.5 Å². The van der Waals surface area contributed by atoms with Gasteiger partial charge in [-0.1, -0.05) is 54.1 Å². The maximum absolute atomic E-state index is 12.4. The van der Waals surface area contributed by atoms with E-state index in [-0.39, 0.29) is 18.6 Å². The summed E-state index contributed by atoms with van der Waals surface area (Å²) >= 11 is 6.05. The largest absolute Gasteiger partial charge is 0.396 e. The van der Waals surface area contributed by atoms with Crippen molar-refractivity contribution in [2.45, 2.75) is 18.9 Å². The van der Waals surface area contributed by atoms with E-state index >= 15 is 0 Å². The predicted octanol–water partition coefficient (Wildman–Crippen LogP) is 3.58. The van der Waals surface area contributed by atoms with Crippen LogP contribution in [0, 0.1) is 0 Å². The highest BCUT2D eigenvalue weighted by atomic mass is 35.5. The first-order valence-corrected chi connectivity index (χ1v) is 7.31. The van der Waals surface area contributed by atoms with Crippen molar-refractivity contribution in [3.63, 3.8) is 0 Å². The van der Waals surface area contributed by atoms with Crippen molar-refractivity contribution in [1.29, 1.82) is 0 Å². The van der Waals surface area contributed by atoms with E-state index in [1.54, 1.807) is 24.3 Å². The SMILES string of the molecule is O=C(NC(CCCO)c1ccccc1)c1ccccc1Cl. The van der Waals surface area contributed by atoms with Gasteiger partial charge in [0.1, 0.15) is 0 Å². The zero-order valence-corrected chi connectivity index (χ0v) is 12.4. The smallest absolute Gasteiger partial charge is 0.253 e. The van der Waals surface area contributed by atoms with Crippen LogP contribution in [0.15, 0.2) is 54.6 Å². The summed E-state index contributed by atoms with van der Waals surface area (Å²) in [5.74, 6) is -0.201. The van der Waals surface area contributed by atoms with Gasteiger partial charge in [0.05, 0.1) is 16.6 Å². The maximum atomic E-state index is 12.4. The summed E-state index contributed by atoms with van der Waals surface area (Å²) in [6.07, 6.45) is 1.30. The Hall–Kier alpha value is -1.84. The van der Waals surface area contributed by atoms with Crippen LogP contribution in [0.5, 0.6) is 0 Å². The highest BCUT2D eigenvalue weighted by Gasteiger charge is 2.16. The Morgan fingerprint density at radius 3 is 2.43 bits per heavy atom. The Morgan fingerprint density at radius 1 is 1.10 bits per heavy atom. The fourth-order valence-corrected chi connectivity index (χ4v) is 2.41. The number of aliphatic hydroxyl groups excluding tert-OH is 1. The van der Waals surface area contributed by atoms with E-state index in [1.807, 2.05) is 30.3 Å². The van der Waals surface area contributed by atoms with Gasteiger partial charge in [0.25, 0.3) is 5.91 Å². The number of halogens is 1. The molecular weight excluding hydrogens is 286 g/mol. The minimum atomic E-state index is -0.201. The van der Waals surface area contributed by atoms with Gasteiger partial charge < -0.3 is 10.4 Å². The molecule has 4 heteroatoms. The van der Waals surface area contributed by atoms with E-state index in [2.05, 4.69) is 5.32 Å². The molecule has 0 bridgehead atoms. The number of amides is 1. The van der Waals surface area contributed by atoms with Crippen LogP contribution in [-0.2, 0) is 0 Å². The molecule has 0 aliphatic rings. The minimum Gasteiger partial charge on any atom is -0.396 e. The summed E-state index contributed by atoms with van der Waals surface area (Å²) in [5.41, 5.74) is 1.48. The van der Waals surface area contributed by atoms with Gasteiger partial charge in [-0.15, -0.1) is 0 Å². The Morgan fingerprint density at radius 2 is 1.76 bits per heavy atom. The third kappa shape index (κ3) is 4.31. The van der Waals surface area contributed by atoms with Crippen molar-refractivity contribution < 1.29 is 9.90 Å². The van der Waals surface area contributed by atoms with Gasteiger partial charge in [-0.2, -0.15) is 0 Å². The molecule has 3 nitrogen and oxygen atoms in total. The molecule has 0 radical (unpaired) electrons. The molecule has 0 spiro atoms. The molecule has 0 aliphatic heterocycles. The maximum Gasteiger partial charge on any atom is 0.253 e. The van der Waals surface area contributed by atoms with Crippen LogP contribution in [0.25, 0.3) is 0 Å². The molecule has 110 valence electrons. The lowest BCUT2D eigenvalue weighted by Gasteiger charge is -2.19. The van der Waals surface area contributed by atoms with Crippen LogP contribution in [-0.4, -0.2) is 17.6 Å². The van der Waals surface area contributed by atoms with E-state index in [9.17, 15) is 4.79 Å². The Labute approximate surface area is 129 Å². The molecule has 2 aromatic carbocycles. The summed E-state index contributed by atoms with van der Waals surface area (Å²) in [7, 11) is 0. The molecule has 2 rings (SSSR count). The van der Waals surface area contributed by atoms with E-state index in [0.29, 0.717) is 23.4 Å². The number of carbonyl (C=O) groups is 1. The monoisotopic (exact) mass is 303 g/mol. The highest BCUT2D eigenvalue weighted by molar-refractivity contribution is 6.33. The molecule has 0 saturated heterocycles. The normalized spacial score (nSPS) is 11.9. The highest BCUT2D eigenvalue weighted by Crippen LogP contribution is 2.21. The number of benzene rings is 2. The number of hydrogen-bond donors (Lipinski definition) is 2. The summed E-state index contributed by atoms with van der Waals surface area (Å²) in [5, 5.41) is 12.4. The third-order valence-corrected chi connectivity index (χ3v) is 3.61. The lowest BCUT2D eigenvalue weighted by Crippen LogP contribution is -2.29. The second-order valence-electron chi connectivity index (χ2n) is 4.78. The summed E-state index contributed by atoms with van der Waals surface area (Å²) in [4.78, 5) is 12.4. The van der Waals surface area contributed by atoms with Crippen LogP contribution in [0.3, 0.4) is 0 Å². The molecule has 1 unspecified atom stereocenters. The van der Waals surface area contributed by atoms with Crippen LogP contribution in [0.4, 0.5) is 0 Å². The standard InChI is InChI=1S/C17H18ClNO2/c18-15-10-5-4-9-14(15)17(21)19-16(11-6-12-20)13-7-2-1-3-8-13/h1-5,7-10,16,20H,6,11-12H2,(H,19,21). The minimum absolute atomic E-state index is 0.102. The van der Waals surface area contributed by atoms with Gasteiger partial charge >= 0.3 is 0 Å². The molecule has 0 saturated carbocycles. The quantitative estimate of drug-likeness (QED) is 0.857. The summed E-state index contributed by atoms with van der Waals surface area (Å²) in [6, 6.07) is 16.6. The fourth-order valence-electron chi connectivity index (χ4n) is 2.18. The molecular formula is C17H18ClNO2. The molecule has 2 aromatic rings. The lowest BCUT2D eigenvalue weighted by molar-refractivity contribution is 0.0932. The van der Waals surface area contributed by atoms with Gasteiger partial charge in [0.15, 0.2) is 0 Å². The molecule has 0 fully saturated rings. The van der Waals surface area contributed by atoms with Crippen molar-refractivity contribution in [3.8, 4) is 0 Å². The first-order chi connectivity index (χ1) is 10.2. The topological polar surface area (TPSA) is 49.3 Å². The number of nitrogens with one attached hydrogen (secondary N) is 1. The summed E-state index contributed by atoms with van der Waals surface area (Å²) < 4.78 is 0. The van der Waals surface area contributed by atoms with E-state index in [1.165, 1.54) is 0 Å². The van der Waals surface area contributed by atoms with Gasteiger partial charge in [-0.3, -0.25) is 4.79 Å². The van der Waals surface area contributed by atoms with Crippen LogP contribution in [0.1, 0.15) is 34.8 Å². The van der Waals surface area contributed by atoms with Crippen molar-refractivity contribution in [2.75, 3.05) is 6.61 Å².